The van der Waals surface area contributed by atoms with Gasteiger partial charge in [-0.05, 0) is 60.9 Å². The van der Waals surface area contributed by atoms with Crippen molar-refractivity contribution in [3.05, 3.63) is 72.3 Å². The fraction of sp³-hybridized carbons (Fsp3) is 0.250. The molecule has 9 heteroatoms. The van der Waals surface area contributed by atoms with Gasteiger partial charge in [-0.25, -0.2) is 9.78 Å². The molecular formula is C28H26N4O5. The molecule has 0 unspecified atom stereocenters. The molecule has 1 saturated carbocycles. The van der Waals surface area contributed by atoms with Crippen molar-refractivity contribution in [3.63, 3.8) is 0 Å². The van der Waals surface area contributed by atoms with Crippen molar-refractivity contribution in [2.75, 3.05) is 0 Å². The largest absolute Gasteiger partial charge is 0.508 e. The van der Waals surface area contributed by atoms with Crippen LogP contribution in [0, 0.1) is 0 Å². The first-order chi connectivity index (χ1) is 18.0. The number of carboxylic acids is 1. The summed E-state index contributed by atoms with van der Waals surface area (Å²) in [4.78, 5) is 33.1. The fourth-order valence-electron chi connectivity index (χ4n) is 5.36. The number of nitrogens with one attached hydrogen (secondary N) is 2. The topological polar surface area (TPSA) is 133 Å². The minimum atomic E-state index is -1.15. The van der Waals surface area contributed by atoms with Crippen LogP contribution in [0.2, 0.25) is 0 Å². The van der Waals surface area contributed by atoms with E-state index in [4.69, 9.17) is 9.40 Å². The molecule has 0 aliphatic heterocycles. The number of phenols is 1. The summed E-state index contributed by atoms with van der Waals surface area (Å²) < 4.78 is 7.54. The van der Waals surface area contributed by atoms with Crippen molar-refractivity contribution in [2.24, 2.45) is 0 Å². The summed E-state index contributed by atoms with van der Waals surface area (Å²) in [7, 11) is 0. The standard InChI is InChI=1S/C28H26N4O5/c33-20-6-7-22-21(13-20)18(14-29-22)12-24(28(35)36)31-27(34)16-5-8-25-23(11-16)30-26(17-9-10-37-15-17)32(25)19-3-1-2-4-19/h5-11,13-15,19,24,29,33H,1-4,12H2,(H,31,34)(H,35,36)/t24-/m0/s1. The summed E-state index contributed by atoms with van der Waals surface area (Å²) in [5, 5.41) is 23.0. The molecular weight excluding hydrogens is 472 g/mol. The number of hydrogen-bond acceptors (Lipinski definition) is 5. The van der Waals surface area contributed by atoms with Crippen LogP contribution in [0.5, 0.6) is 5.75 Å². The normalized spacial score (nSPS) is 14.9. The van der Waals surface area contributed by atoms with Crippen molar-refractivity contribution in [1.82, 2.24) is 19.9 Å². The molecule has 3 heterocycles. The van der Waals surface area contributed by atoms with E-state index in [9.17, 15) is 19.8 Å². The summed E-state index contributed by atoms with van der Waals surface area (Å²) in [5.41, 5.74) is 4.30. The first-order valence-corrected chi connectivity index (χ1v) is 12.3. The Balaban J connectivity index is 1.29. The van der Waals surface area contributed by atoms with Gasteiger partial charge >= 0.3 is 5.97 Å². The molecule has 1 aliphatic rings. The third kappa shape index (κ3) is 4.22. The van der Waals surface area contributed by atoms with Crippen molar-refractivity contribution in [2.45, 2.75) is 44.2 Å². The Bertz CT molecular complexity index is 1610. The molecule has 1 amide bonds. The molecule has 6 rings (SSSR count). The van der Waals surface area contributed by atoms with E-state index in [1.165, 1.54) is 12.8 Å². The highest BCUT2D eigenvalue weighted by Crippen LogP contribution is 2.37. The zero-order valence-corrected chi connectivity index (χ0v) is 20.0. The highest BCUT2D eigenvalue weighted by atomic mass is 16.4. The van der Waals surface area contributed by atoms with Gasteiger partial charge in [0.15, 0.2) is 0 Å². The van der Waals surface area contributed by atoms with Crippen LogP contribution in [0.4, 0.5) is 0 Å². The Morgan fingerprint density at radius 1 is 1.16 bits per heavy atom. The Morgan fingerprint density at radius 2 is 2.00 bits per heavy atom. The predicted molar refractivity (Wildman–Crippen MR) is 137 cm³/mol. The Hall–Kier alpha value is -4.53. The lowest BCUT2D eigenvalue weighted by Gasteiger charge is -2.16. The minimum absolute atomic E-state index is 0.0632. The number of aromatic nitrogens is 3. The molecule has 9 nitrogen and oxygen atoms in total. The summed E-state index contributed by atoms with van der Waals surface area (Å²) in [5.74, 6) is -0.738. The number of hydrogen-bond donors (Lipinski definition) is 4. The first kappa shape index (κ1) is 22.9. The fourth-order valence-corrected chi connectivity index (χ4v) is 5.36. The van der Waals surface area contributed by atoms with E-state index in [1.807, 2.05) is 12.1 Å². The van der Waals surface area contributed by atoms with Gasteiger partial charge in [-0.3, -0.25) is 4.79 Å². The Morgan fingerprint density at radius 3 is 2.76 bits per heavy atom. The number of phenolic OH excluding ortho intramolecular Hbond substituents is 1. The number of aromatic amines is 1. The van der Waals surface area contributed by atoms with E-state index in [0.29, 0.717) is 28.1 Å². The number of carboxylic acid groups (broad SMARTS) is 1. The first-order valence-electron chi connectivity index (χ1n) is 12.3. The smallest absolute Gasteiger partial charge is 0.326 e. The van der Waals surface area contributed by atoms with Crippen LogP contribution in [0.3, 0.4) is 0 Å². The molecule has 1 atom stereocenters. The number of aromatic hydroxyl groups is 1. The third-order valence-corrected chi connectivity index (χ3v) is 7.20. The van der Waals surface area contributed by atoms with Gasteiger partial charge in [0.05, 0.1) is 22.9 Å². The van der Waals surface area contributed by atoms with Crippen molar-refractivity contribution in [3.8, 4) is 17.1 Å². The second-order valence-electron chi connectivity index (χ2n) is 9.57. The average molecular weight is 499 g/mol. The highest BCUT2D eigenvalue weighted by molar-refractivity contribution is 5.99. The summed E-state index contributed by atoms with van der Waals surface area (Å²) in [6.07, 6.45) is 9.54. The van der Waals surface area contributed by atoms with Crippen LogP contribution in [0.25, 0.3) is 33.3 Å². The molecule has 37 heavy (non-hydrogen) atoms. The lowest BCUT2D eigenvalue weighted by atomic mass is 10.0. The van der Waals surface area contributed by atoms with E-state index in [-0.39, 0.29) is 12.2 Å². The monoisotopic (exact) mass is 498 g/mol. The lowest BCUT2D eigenvalue weighted by molar-refractivity contribution is -0.139. The molecule has 0 saturated heterocycles. The minimum Gasteiger partial charge on any atom is -0.508 e. The zero-order chi connectivity index (χ0) is 25.5. The quantitative estimate of drug-likeness (QED) is 0.249. The van der Waals surface area contributed by atoms with Gasteiger partial charge in [-0.1, -0.05) is 12.8 Å². The molecule has 188 valence electrons. The predicted octanol–water partition coefficient (Wildman–Crippen LogP) is 5.02. The molecule has 2 aromatic carbocycles. The van der Waals surface area contributed by atoms with Crippen molar-refractivity contribution in [1.29, 1.82) is 0 Å². The number of amides is 1. The van der Waals surface area contributed by atoms with Crippen LogP contribution in [-0.4, -0.2) is 42.7 Å². The number of H-pyrrole nitrogens is 1. The van der Waals surface area contributed by atoms with Crippen LogP contribution in [0.1, 0.15) is 47.6 Å². The maximum absolute atomic E-state index is 13.2. The summed E-state index contributed by atoms with van der Waals surface area (Å²) in [6, 6.07) is 11.2. The second-order valence-corrected chi connectivity index (χ2v) is 9.57. The molecule has 0 radical (unpaired) electrons. The highest BCUT2D eigenvalue weighted by Gasteiger charge is 2.26. The number of aliphatic carboxylic acids is 1. The second kappa shape index (κ2) is 9.16. The van der Waals surface area contributed by atoms with Crippen LogP contribution in [-0.2, 0) is 11.2 Å². The van der Waals surface area contributed by atoms with Gasteiger partial charge in [0, 0.05) is 35.1 Å². The van der Waals surface area contributed by atoms with Crippen molar-refractivity contribution >= 4 is 33.8 Å². The van der Waals surface area contributed by atoms with Crippen LogP contribution in [0.15, 0.2) is 65.6 Å². The summed E-state index contributed by atoms with van der Waals surface area (Å²) in [6.45, 7) is 0. The third-order valence-electron chi connectivity index (χ3n) is 7.20. The molecule has 5 aromatic rings. The molecule has 1 aliphatic carbocycles. The van der Waals surface area contributed by atoms with E-state index < -0.39 is 17.9 Å². The van der Waals surface area contributed by atoms with E-state index >= 15 is 0 Å². The van der Waals surface area contributed by atoms with Crippen LogP contribution < -0.4 is 5.32 Å². The zero-order valence-electron chi connectivity index (χ0n) is 20.0. The Kier molecular flexibility index (Phi) is 5.67. The molecule has 0 bridgehead atoms. The van der Waals surface area contributed by atoms with Crippen molar-refractivity contribution < 1.29 is 24.2 Å². The maximum atomic E-state index is 13.2. The number of furan rings is 1. The number of carbonyl (C=O) groups excluding carboxylic acids is 1. The molecule has 0 spiro atoms. The summed E-state index contributed by atoms with van der Waals surface area (Å²) >= 11 is 0. The van der Waals surface area contributed by atoms with Crippen LogP contribution >= 0.6 is 0 Å². The average Bonchev–Trinajstić information content (AvgIpc) is 3.69. The van der Waals surface area contributed by atoms with Gasteiger partial charge in [-0.15, -0.1) is 0 Å². The van der Waals surface area contributed by atoms with Gasteiger partial charge in [0.1, 0.15) is 23.9 Å². The lowest BCUT2D eigenvalue weighted by Crippen LogP contribution is -2.42. The SMILES string of the molecule is O=C(N[C@@H](Cc1c[nH]c2ccc(O)cc12)C(=O)O)c1ccc2c(c1)nc(-c1ccoc1)n2C1CCCC1. The van der Waals surface area contributed by atoms with Gasteiger partial charge in [-0.2, -0.15) is 0 Å². The molecule has 1 fully saturated rings. The number of benzene rings is 2. The van der Waals surface area contributed by atoms with E-state index in [1.54, 1.807) is 49.1 Å². The van der Waals surface area contributed by atoms with E-state index in [2.05, 4.69) is 14.9 Å². The van der Waals surface area contributed by atoms with E-state index in [0.717, 1.165) is 35.3 Å². The van der Waals surface area contributed by atoms with Gasteiger partial charge in [0.25, 0.3) is 5.91 Å². The number of rotatable bonds is 7. The number of carbonyl (C=O) groups is 2. The number of imidazole rings is 1. The molecule has 3 aromatic heterocycles. The van der Waals surface area contributed by atoms with Gasteiger partial charge in [0.2, 0.25) is 0 Å². The van der Waals surface area contributed by atoms with Gasteiger partial charge < -0.3 is 29.5 Å². The Labute approximate surface area is 211 Å². The maximum Gasteiger partial charge on any atom is 0.326 e. The number of nitrogens with zero attached hydrogens (tertiary/aromatic N) is 2. The number of fused-ring (bicyclic) bond motifs is 2. The molecule has 4 N–H and O–H groups in total.